The molecule has 0 bridgehead atoms. The first kappa shape index (κ1) is 21.6. The Bertz CT molecular complexity index is 1180. The van der Waals surface area contributed by atoms with Crippen molar-refractivity contribution in [3.05, 3.63) is 71.0 Å². The molecular formula is C25H23FN4O2S. The maximum Gasteiger partial charge on any atom is 0.283 e. The number of ether oxygens (including phenoxy) is 1. The fourth-order valence-electron chi connectivity index (χ4n) is 4.13. The Labute approximate surface area is 195 Å². The van der Waals surface area contributed by atoms with Crippen molar-refractivity contribution >= 4 is 39.8 Å². The van der Waals surface area contributed by atoms with Crippen LogP contribution in [0.25, 0.3) is 6.08 Å². The minimum absolute atomic E-state index is 0.0425. The molecule has 0 unspecified atom stereocenters. The molecule has 1 amide bonds. The van der Waals surface area contributed by atoms with Crippen LogP contribution in [0, 0.1) is 17.1 Å². The summed E-state index contributed by atoms with van der Waals surface area (Å²) in [5.41, 5.74) is 1.77. The summed E-state index contributed by atoms with van der Waals surface area (Å²) in [4.78, 5) is 16.9. The first-order valence-corrected chi connectivity index (χ1v) is 11.9. The highest BCUT2D eigenvalue weighted by Gasteiger charge is 2.37. The van der Waals surface area contributed by atoms with Crippen molar-refractivity contribution in [2.24, 2.45) is 16.0 Å². The number of amides is 1. The average molecular weight is 463 g/mol. The third kappa shape index (κ3) is 4.75. The van der Waals surface area contributed by atoms with E-state index in [4.69, 9.17) is 10.1 Å². The van der Waals surface area contributed by atoms with E-state index in [1.807, 2.05) is 18.2 Å². The summed E-state index contributed by atoms with van der Waals surface area (Å²) in [5, 5.41) is 16.2. The molecule has 0 saturated heterocycles. The Hall–Kier alpha value is -3.26. The van der Waals surface area contributed by atoms with E-state index in [1.54, 1.807) is 24.3 Å². The zero-order valence-electron chi connectivity index (χ0n) is 18.0. The Balaban J connectivity index is 1.32. The quantitative estimate of drug-likeness (QED) is 0.587. The molecule has 6 nitrogen and oxygen atoms in total. The van der Waals surface area contributed by atoms with Gasteiger partial charge >= 0.3 is 0 Å². The third-order valence-corrected chi connectivity index (χ3v) is 6.98. The molecule has 5 rings (SSSR count). The smallest absolute Gasteiger partial charge is 0.283 e. The fraction of sp³-hybridized carbons (Fsp3) is 0.280. The number of rotatable bonds is 5. The molecule has 2 aromatic carbocycles. The van der Waals surface area contributed by atoms with Gasteiger partial charge in [-0.1, -0.05) is 43.5 Å². The summed E-state index contributed by atoms with van der Waals surface area (Å²) in [5.74, 6) is 0.325. The lowest BCUT2D eigenvalue weighted by molar-refractivity contribution is -0.114. The highest BCUT2D eigenvalue weighted by Crippen LogP contribution is 2.36. The minimum atomic E-state index is -0.434. The van der Waals surface area contributed by atoms with Gasteiger partial charge in [-0.3, -0.25) is 10.2 Å². The third-order valence-electron chi connectivity index (χ3n) is 5.91. The molecule has 2 heterocycles. The first-order valence-electron chi connectivity index (χ1n) is 11.0. The number of nitrogens with zero attached hydrogens (tertiary/aromatic N) is 3. The van der Waals surface area contributed by atoms with E-state index in [-0.39, 0.29) is 17.2 Å². The maximum absolute atomic E-state index is 13.1. The SMILES string of the molecule is N=C1/C(=C/c2cccc(OCc3ccc(F)cc3)c2)C(=O)N=C2SC(C3CCCCC3)=NN12. The highest BCUT2D eigenvalue weighted by atomic mass is 32.2. The van der Waals surface area contributed by atoms with Crippen LogP contribution >= 0.6 is 11.8 Å². The van der Waals surface area contributed by atoms with Crippen molar-refractivity contribution in [1.29, 1.82) is 5.41 Å². The molecular weight excluding hydrogens is 439 g/mol. The monoisotopic (exact) mass is 462 g/mol. The molecule has 0 radical (unpaired) electrons. The number of nitrogens with one attached hydrogen (secondary N) is 1. The van der Waals surface area contributed by atoms with E-state index in [0.717, 1.165) is 29.0 Å². The molecule has 0 spiro atoms. The first-order chi connectivity index (χ1) is 16.1. The van der Waals surface area contributed by atoms with Crippen molar-refractivity contribution in [3.63, 3.8) is 0 Å². The Morgan fingerprint density at radius 1 is 1.15 bits per heavy atom. The predicted octanol–water partition coefficient (Wildman–Crippen LogP) is 5.60. The van der Waals surface area contributed by atoms with Crippen LogP contribution in [0.5, 0.6) is 5.75 Å². The van der Waals surface area contributed by atoms with Gasteiger partial charge in [0.2, 0.25) is 5.17 Å². The Morgan fingerprint density at radius 3 is 2.73 bits per heavy atom. The van der Waals surface area contributed by atoms with Crippen LogP contribution in [0.4, 0.5) is 4.39 Å². The van der Waals surface area contributed by atoms with Gasteiger partial charge in [0.25, 0.3) is 5.91 Å². The summed E-state index contributed by atoms with van der Waals surface area (Å²) in [7, 11) is 0. The number of halogens is 1. The van der Waals surface area contributed by atoms with Crippen LogP contribution in [0.1, 0.15) is 43.2 Å². The van der Waals surface area contributed by atoms with Crippen molar-refractivity contribution in [3.8, 4) is 5.75 Å². The highest BCUT2D eigenvalue weighted by molar-refractivity contribution is 8.27. The van der Waals surface area contributed by atoms with E-state index < -0.39 is 5.91 Å². The van der Waals surface area contributed by atoms with Crippen molar-refractivity contribution in [2.75, 3.05) is 0 Å². The number of hydrazone groups is 1. The van der Waals surface area contributed by atoms with E-state index in [2.05, 4.69) is 10.1 Å². The van der Waals surface area contributed by atoms with Gasteiger partial charge in [-0.25, -0.2) is 4.39 Å². The van der Waals surface area contributed by atoms with Crippen molar-refractivity contribution in [2.45, 2.75) is 38.7 Å². The molecule has 3 aliphatic rings. The molecule has 2 aliphatic heterocycles. The Morgan fingerprint density at radius 2 is 1.94 bits per heavy atom. The molecule has 8 heteroatoms. The fourth-order valence-corrected chi connectivity index (χ4v) is 5.19. The van der Waals surface area contributed by atoms with Gasteiger partial charge in [0.15, 0.2) is 5.84 Å². The molecule has 1 aliphatic carbocycles. The number of carbonyl (C=O) groups is 1. The van der Waals surface area contributed by atoms with E-state index in [1.165, 1.54) is 48.2 Å². The number of hydrogen-bond acceptors (Lipinski definition) is 5. The van der Waals surface area contributed by atoms with Crippen LogP contribution in [-0.4, -0.2) is 27.0 Å². The van der Waals surface area contributed by atoms with Gasteiger partial charge in [-0.05, 0) is 66.1 Å². The van der Waals surface area contributed by atoms with Gasteiger partial charge in [0.1, 0.15) is 23.2 Å². The topological polar surface area (TPSA) is 78.1 Å². The Kier molecular flexibility index (Phi) is 6.09. The molecule has 2 aromatic rings. The van der Waals surface area contributed by atoms with Gasteiger partial charge in [0, 0.05) is 5.92 Å². The molecule has 33 heavy (non-hydrogen) atoms. The zero-order valence-corrected chi connectivity index (χ0v) is 18.8. The van der Waals surface area contributed by atoms with E-state index >= 15 is 0 Å². The van der Waals surface area contributed by atoms with Crippen LogP contribution in [0.15, 0.2) is 64.2 Å². The van der Waals surface area contributed by atoms with Crippen LogP contribution in [0.3, 0.4) is 0 Å². The second kappa shape index (κ2) is 9.31. The molecule has 0 atom stereocenters. The average Bonchev–Trinajstić information content (AvgIpc) is 3.26. The van der Waals surface area contributed by atoms with Gasteiger partial charge in [-0.2, -0.15) is 15.1 Å². The van der Waals surface area contributed by atoms with Crippen molar-refractivity contribution < 1.29 is 13.9 Å². The zero-order chi connectivity index (χ0) is 22.8. The lowest BCUT2D eigenvalue weighted by Crippen LogP contribution is -2.35. The molecule has 168 valence electrons. The lowest BCUT2D eigenvalue weighted by atomic mass is 9.90. The van der Waals surface area contributed by atoms with E-state index in [9.17, 15) is 9.18 Å². The minimum Gasteiger partial charge on any atom is -0.489 e. The number of carbonyl (C=O) groups excluding carboxylic acids is 1. The molecule has 1 saturated carbocycles. The van der Waals surface area contributed by atoms with Gasteiger partial charge in [0.05, 0.1) is 5.57 Å². The number of thioether (sulfide) groups is 1. The standard InChI is InChI=1S/C25H23FN4O2S/c26-19-11-9-16(10-12-19)15-32-20-8-4-5-17(13-20)14-21-22(27)30-25(28-23(21)31)33-24(29-30)18-6-2-1-3-7-18/h4-5,8-14,18,27H,1-3,6-7,15H2/b21-14-,27-22?. The van der Waals surface area contributed by atoms with Crippen LogP contribution < -0.4 is 4.74 Å². The summed E-state index contributed by atoms with van der Waals surface area (Å²) in [6, 6.07) is 13.4. The number of hydrogen-bond donors (Lipinski definition) is 1. The second-order valence-corrected chi connectivity index (χ2v) is 9.27. The summed E-state index contributed by atoms with van der Waals surface area (Å²) in [6.07, 6.45) is 7.49. The van der Waals surface area contributed by atoms with Crippen LogP contribution in [0.2, 0.25) is 0 Å². The number of aliphatic imine (C=N–C) groups is 1. The lowest BCUT2D eigenvalue weighted by Gasteiger charge is -2.20. The van der Waals surface area contributed by atoms with Gasteiger partial charge < -0.3 is 4.74 Å². The van der Waals surface area contributed by atoms with Crippen molar-refractivity contribution in [1.82, 2.24) is 5.01 Å². The number of fused-ring (bicyclic) bond motifs is 1. The summed E-state index contributed by atoms with van der Waals surface area (Å²) < 4.78 is 18.9. The molecule has 1 N–H and O–H groups in total. The number of amidine groups is 2. The predicted molar refractivity (Wildman–Crippen MR) is 129 cm³/mol. The summed E-state index contributed by atoms with van der Waals surface area (Å²) in [6.45, 7) is 0.298. The normalized spacial score (nSPS) is 20.0. The summed E-state index contributed by atoms with van der Waals surface area (Å²) >= 11 is 1.42. The van der Waals surface area contributed by atoms with Crippen LogP contribution in [-0.2, 0) is 11.4 Å². The second-order valence-electron chi connectivity index (χ2n) is 8.28. The molecule has 0 aromatic heterocycles. The maximum atomic E-state index is 13.1. The number of benzene rings is 2. The molecule has 1 fully saturated rings. The van der Waals surface area contributed by atoms with E-state index in [0.29, 0.717) is 23.4 Å². The van der Waals surface area contributed by atoms with Gasteiger partial charge in [-0.15, -0.1) is 0 Å². The largest absolute Gasteiger partial charge is 0.489 e.